The Hall–Kier alpha value is -4.32. The molecule has 6 heteroatoms. The molecule has 1 aliphatic rings. The molecule has 0 unspecified atom stereocenters. The number of ether oxygens (including phenoxy) is 1. The third-order valence-electron chi connectivity index (χ3n) is 6.15. The van der Waals surface area contributed by atoms with Gasteiger partial charge in [0.25, 0.3) is 0 Å². The van der Waals surface area contributed by atoms with E-state index in [1.54, 1.807) is 6.07 Å². The number of hydrogen-bond acceptors (Lipinski definition) is 6. The van der Waals surface area contributed by atoms with Crippen LogP contribution in [0.4, 0.5) is 0 Å². The van der Waals surface area contributed by atoms with Crippen molar-refractivity contribution in [2.75, 3.05) is 0 Å². The van der Waals surface area contributed by atoms with Gasteiger partial charge in [0.1, 0.15) is 0 Å². The van der Waals surface area contributed by atoms with E-state index in [4.69, 9.17) is 14.6 Å². The first-order valence-corrected chi connectivity index (χ1v) is 9.33. The van der Waals surface area contributed by atoms with Gasteiger partial charge in [-0.1, -0.05) is 42.5 Å². The smallest absolute Gasteiger partial charge is 0.347 e. The molecular weight excluding hydrogens is 382 g/mol. The zero-order valence-electron chi connectivity index (χ0n) is 15.2. The minimum atomic E-state index is -0.892. The summed E-state index contributed by atoms with van der Waals surface area (Å²) in [7, 11) is 0. The third kappa shape index (κ3) is 1.55. The molecule has 7 rings (SSSR count). The zero-order chi connectivity index (χ0) is 20.3. The van der Waals surface area contributed by atoms with Crippen molar-refractivity contribution in [1.82, 2.24) is 0 Å². The summed E-state index contributed by atoms with van der Waals surface area (Å²) in [5, 5.41) is 15.0. The number of rotatable bonds is 0. The first kappa shape index (κ1) is 15.6. The Kier molecular flexibility index (Phi) is 2.50. The average molecular weight is 391 g/mol. The van der Waals surface area contributed by atoms with Crippen LogP contribution in [0.25, 0.3) is 53.9 Å². The molecule has 1 N–H and O–H groups in total. The highest BCUT2D eigenvalue weighted by Gasteiger charge is 2.34. The van der Waals surface area contributed by atoms with Gasteiger partial charge in [0.15, 0.2) is 0 Å². The number of esters is 2. The van der Waals surface area contributed by atoms with Gasteiger partial charge >= 0.3 is 17.6 Å². The van der Waals surface area contributed by atoms with Crippen LogP contribution in [0.15, 0.2) is 57.7 Å². The summed E-state index contributed by atoms with van der Waals surface area (Å²) in [5.74, 6) is -1.64. The molecular formula is C24H9NO5. The molecule has 1 aliphatic heterocycles. The first-order valence-electron chi connectivity index (χ1n) is 9.33. The van der Waals surface area contributed by atoms with Crippen LogP contribution in [0.5, 0.6) is 0 Å². The number of fused-ring (bicyclic) bond motifs is 5. The highest BCUT2D eigenvalue weighted by atomic mass is 16.6. The van der Waals surface area contributed by atoms with Crippen LogP contribution in [0, 0.1) is 5.41 Å². The van der Waals surface area contributed by atoms with Gasteiger partial charge in [-0.25, -0.2) is 14.4 Å². The van der Waals surface area contributed by atoms with Crippen LogP contribution in [0.3, 0.4) is 0 Å². The van der Waals surface area contributed by atoms with Crippen LogP contribution in [0.1, 0.15) is 20.7 Å². The summed E-state index contributed by atoms with van der Waals surface area (Å²) in [4.78, 5) is 37.9. The Morgan fingerprint density at radius 3 is 2.13 bits per heavy atom. The van der Waals surface area contributed by atoms with E-state index >= 15 is 0 Å². The SMILES string of the molecule is N=c1oc(=O)c2c3c4c(ccc5c6cccc7cccc(c76)c(c12)c45)C(=O)OC3=O. The summed E-state index contributed by atoms with van der Waals surface area (Å²) in [6.45, 7) is 0. The van der Waals surface area contributed by atoms with E-state index in [1.165, 1.54) is 0 Å². The van der Waals surface area contributed by atoms with Crippen molar-refractivity contribution in [3.05, 3.63) is 75.6 Å². The van der Waals surface area contributed by atoms with Gasteiger partial charge in [-0.2, -0.15) is 0 Å². The third-order valence-corrected chi connectivity index (χ3v) is 6.15. The molecule has 6 nitrogen and oxygen atoms in total. The number of carbonyl (C=O) groups excluding carboxylic acids is 2. The topological polar surface area (TPSA) is 97.4 Å². The fraction of sp³-hybridized carbons (Fsp3) is 0. The summed E-state index contributed by atoms with van der Waals surface area (Å²) in [5.41, 5.74) is -0.860. The molecule has 0 fully saturated rings. The van der Waals surface area contributed by atoms with E-state index in [1.807, 2.05) is 42.5 Å². The highest BCUT2D eigenvalue weighted by molar-refractivity contribution is 6.43. The summed E-state index contributed by atoms with van der Waals surface area (Å²) >= 11 is 0. The monoisotopic (exact) mass is 391 g/mol. The van der Waals surface area contributed by atoms with Crippen molar-refractivity contribution in [3.63, 3.8) is 0 Å². The maximum Gasteiger partial charge on any atom is 0.347 e. The average Bonchev–Trinajstić information content (AvgIpc) is 3.03. The van der Waals surface area contributed by atoms with Crippen LogP contribution in [-0.4, -0.2) is 11.9 Å². The maximum atomic E-state index is 12.7. The molecule has 30 heavy (non-hydrogen) atoms. The number of nitrogens with one attached hydrogen (secondary N) is 1. The van der Waals surface area contributed by atoms with Crippen LogP contribution < -0.4 is 11.2 Å². The number of benzene rings is 5. The predicted molar refractivity (Wildman–Crippen MR) is 110 cm³/mol. The maximum absolute atomic E-state index is 12.7. The molecule has 2 heterocycles. The highest BCUT2D eigenvalue weighted by Crippen LogP contribution is 2.46. The quantitative estimate of drug-likeness (QED) is 0.182. The Labute approximate surface area is 166 Å². The van der Waals surface area contributed by atoms with Crippen LogP contribution in [0.2, 0.25) is 0 Å². The number of hydrogen-bond donors (Lipinski definition) is 1. The van der Waals surface area contributed by atoms with Gasteiger partial charge in [-0.05, 0) is 38.4 Å². The van der Waals surface area contributed by atoms with Gasteiger partial charge in [-0.15, -0.1) is 0 Å². The lowest BCUT2D eigenvalue weighted by Gasteiger charge is -2.21. The zero-order valence-corrected chi connectivity index (χ0v) is 15.2. The van der Waals surface area contributed by atoms with Gasteiger partial charge in [-0.3, -0.25) is 5.41 Å². The molecule has 0 bridgehead atoms. The largest absolute Gasteiger partial charge is 0.404 e. The van der Waals surface area contributed by atoms with E-state index < -0.39 is 17.6 Å². The minimum Gasteiger partial charge on any atom is -0.404 e. The van der Waals surface area contributed by atoms with E-state index in [2.05, 4.69) is 0 Å². The second-order valence-electron chi connectivity index (χ2n) is 7.52. The fourth-order valence-electron chi connectivity index (χ4n) is 5.08. The predicted octanol–water partition coefficient (Wildman–Crippen LogP) is 4.07. The van der Waals surface area contributed by atoms with Gasteiger partial charge in [0, 0.05) is 10.8 Å². The van der Waals surface area contributed by atoms with Crippen molar-refractivity contribution in [2.45, 2.75) is 0 Å². The van der Waals surface area contributed by atoms with Crippen LogP contribution in [-0.2, 0) is 4.74 Å². The van der Waals surface area contributed by atoms with Gasteiger partial charge in [0.05, 0.1) is 21.9 Å². The van der Waals surface area contributed by atoms with E-state index in [0.717, 1.165) is 26.9 Å². The molecule has 6 aromatic rings. The number of carbonyl (C=O) groups is 2. The molecule has 0 radical (unpaired) electrons. The van der Waals surface area contributed by atoms with Crippen molar-refractivity contribution in [3.8, 4) is 0 Å². The summed E-state index contributed by atoms with van der Waals surface area (Å²) < 4.78 is 10.0. The summed E-state index contributed by atoms with van der Waals surface area (Å²) in [6.07, 6.45) is 0. The lowest BCUT2D eigenvalue weighted by atomic mass is 9.83. The summed E-state index contributed by atoms with van der Waals surface area (Å²) in [6, 6.07) is 15.3. The first-order chi connectivity index (χ1) is 14.6. The van der Waals surface area contributed by atoms with E-state index in [0.29, 0.717) is 16.2 Å². The molecule has 0 aliphatic carbocycles. The van der Waals surface area contributed by atoms with Crippen molar-refractivity contribution in [1.29, 1.82) is 5.41 Å². The molecule has 0 saturated heterocycles. The van der Waals surface area contributed by atoms with Crippen molar-refractivity contribution in [2.24, 2.45) is 0 Å². The minimum absolute atomic E-state index is 0.000920. The fourth-order valence-corrected chi connectivity index (χ4v) is 5.08. The van der Waals surface area contributed by atoms with Crippen LogP contribution >= 0.6 is 0 Å². The molecule has 1 aromatic heterocycles. The number of furan rings is 1. The normalized spacial score (nSPS) is 14.0. The van der Waals surface area contributed by atoms with Crippen molar-refractivity contribution >= 4 is 65.8 Å². The Balaban J connectivity index is 2.03. The Bertz CT molecular complexity index is 1890. The van der Waals surface area contributed by atoms with E-state index in [9.17, 15) is 14.4 Å². The second-order valence-corrected chi connectivity index (χ2v) is 7.52. The number of cyclic esters (lactones) is 2. The van der Waals surface area contributed by atoms with Gasteiger partial charge in [0.2, 0.25) is 5.55 Å². The lowest BCUT2D eigenvalue weighted by Crippen LogP contribution is -2.21. The molecule has 0 atom stereocenters. The Morgan fingerprint density at radius 2 is 1.33 bits per heavy atom. The molecule has 0 amide bonds. The standard InChI is InChI=1S/C24H9NO5/c25-21-18-16-12-6-2-4-9-3-1-5-10(14(9)12)11-7-8-13-17(15(11)16)19(20(18)23(27)29-21)24(28)30-22(13)26/h1-8,25H. The van der Waals surface area contributed by atoms with E-state index in [-0.39, 0.29) is 27.5 Å². The molecule has 0 spiro atoms. The molecule has 0 saturated carbocycles. The second kappa shape index (κ2) is 4.80. The lowest BCUT2D eigenvalue weighted by molar-refractivity contribution is 0.0392. The Morgan fingerprint density at radius 1 is 0.633 bits per heavy atom. The van der Waals surface area contributed by atoms with Gasteiger partial charge < -0.3 is 9.15 Å². The molecule has 5 aromatic carbocycles. The van der Waals surface area contributed by atoms with Crippen molar-refractivity contribution < 1.29 is 18.7 Å². The molecule has 140 valence electrons.